The van der Waals surface area contributed by atoms with Crippen LogP contribution in [0.5, 0.6) is 0 Å². The molecule has 0 bridgehead atoms. The summed E-state index contributed by atoms with van der Waals surface area (Å²) in [5.74, 6) is 0.223. The van der Waals surface area contributed by atoms with Crippen molar-refractivity contribution in [1.29, 1.82) is 0 Å². The molecule has 0 aromatic heterocycles. The second-order valence-electron chi connectivity index (χ2n) is 3.34. The van der Waals surface area contributed by atoms with Crippen molar-refractivity contribution < 1.29 is 9.94 Å². The van der Waals surface area contributed by atoms with Gasteiger partial charge in [-0.15, -0.1) is 0 Å². The van der Waals surface area contributed by atoms with Crippen molar-refractivity contribution in [1.82, 2.24) is 5.32 Å². The normalized spacial score (nSPS) is 29.5. The van der Waals surface area contributed by atoms with E-state index >= 15 is 0 Å². The maximum atomic E-state index is 8.31. The van der Waals surface area contributed by atoms with E-state index in [1.165, 1.54) is 0 Å². The Balaban J connectivity index is 2.17. The first kappa shape index (κ1) is 10.3. The van der Waals surface area contributed by atoms with Crippen molar-refractivity contribution in [2.75, 3.05) is 13.7 Å². The quantitative estimate of drug-likeness (QED) is 0.248. The summed E-state index contributed by atoms with van der Waals surface area (Å²) < 4.78 is 5.22. The van der Waals surface area contributed by atoms with E-state index in [1.807, 2.05) is 0 Å². The van der Waals surface area contributed by atoms with Crippen LogP contribution >= 0.6 is 0 Å². The van der Waals surface area contributed by atoms with Gasteiger partial charge in [0.1, 0.15) is 0 Å². The molecule has 0 heterocycles. The van der Waals surface area contributed by atoms with Gasteiger partial charge in [0.05, 0.1) is 12.6 Å². The van der Waals surface area contributed by atoms with Crippen LogP contribution < -0.4 is 11.1 Å². The average molecular weight is 187 g/mol. The third-order valence-corrected chi connectivity index (χ3v) is 2.42. The number of amidine groups is 1. The zero-order valence-electron chi connectivity index (χ0n) is 7.86. The average Bonchev–Trinajstić information content (AvgIpc) is 2.61. The van der Waals surface area contributed by atoms with Gasteiger partial charge in [-0.05, 0) is 19.3 Å². The summed E-state index contributed by atoms with van der Waals surface area (Å²) in [5, 5.41) is 14.4. The van der Waals surface area contributed by atoms with Crippen LogP contribution in [0.15, 0.2) is 5.16 Å². The molecule has 1 aliphatic rings. The van der Waals surface area contributed by atoms with E-state index in [9.17, 15) is 0 Å². The summed E-state index contributed by atoms with van der Waals surface area (Å²) in [6.45, 7) is 0.442. The first-order chi connectivity index (χ1) is 6.26. The van der Waals surface area contributed by atoms with E-state index in [1.54, 1.807) is 7.11 Å². The Morgan fingerprint density at radius 3 is 3.00 bits per heavy atom. The highest BCUT2D eigenvalue weighted by molar-refractivity contribution is 5.81. The highest BCUT2D eigenvalue weighted by Crippen LogP contribution is 2.20. The highest BCUT2D eigenvalue weighted by atomic mass is 16.5. The van der Waals surface area contributed by atoms with Gasteiger partial charge in [-0.1, -0.05) is 5.16 Å². The molecule has 0 aliphatic heterocycles. The minimum Gasteiger partial charge on any atom is -0.409 e. The highest BCUT2D eigenvalue weighted by Gasteiger charge is 2.23. The lowest BCUT2D eigenvalue weighted by atomic mass is 10.2. The van der Waals surface area contributed by atoms with Crippen LogP contribution in [-0.2, 0) is 4.74 Å². The molecule has 2 unspecified atom stereocenters. The molecule has 1 fully saturated rings. The molecule has 5 heteroatoms. The third-order valence-electron chi connectivity index (χ3n) is 2.42. The summed E-state index contributed by atoms with van der Waals surface area (Å²) in [4.78, 5) is 0. The molecule has 0 radical (unpaired) electrons. The van der Waals surface area contributed by atoms with Crippen LogP contribution in [0.25, 0.3) is 0 Å². The van der Waals surface area contributed by atoms with Crippen molar-refractivity contribution in [3.8, 4) is 0 Å². The second kappa shape index (κ2) is 5.04. The van der Waals surface area contributed by atoms with E-state index in [2.05, 4.69) is 10.5 Å². The zero-order valence-corrected chi connectivity index (χ0v) is 7.86. The monoisotopic (exact) mass is 187 g/mol. The molecule has 13 heavy (non-hydrogen) atoms. The molecular formula is C8H17N3O2. The van der Waals surface area contributed by atoms with Crippen LogP contribution in [0.3, 0.4) is 0 Å². The first-order valence-electron chi connectivity index (χ1n) is 4.49. The number of rotatable bonds is 4. The minimum absolute atomic E-state index is 0.223. The fraction of sp³-hybridized carbons (Fsp3) is 0.875. The Bertz CT molecular complexity index is 184. The van der Waals surface area contributed by atoms with Gasteiger partial charge in [0.25, 0.3) is 0 Å². The van der Waals surface area contributed by atoms with Gasteiger partial charge < -0.3 is 21.0 Å². The van der Waals surface area contributed by atoms with Gasteiger partial charge in [0.2, 0.25) is 0 Å². The van der Waals surface area contributed by atoms with Gasteiger partial charge in [-0.25, -0.2) is 0 Å². The summed E-state index contributed by atoms with van der Waals surface area (Å²) in [7, 11) is 1.73. The number of methoxy groups -OCH3 is 1. The van der Waals surface area contributed by atoms with E-state index in [0.717, 1.165) is 19.3 Å². The van der Waals surface area contributed by atoms with E-state index in [0.29, 0.717) is 18.7 Å². The fourth-order valence-corrected chi connectivity index (χ4v) is 1.62. The minimum atomic E-state index is 0.223. The van der Waals surface area contributed by atoms with Gasteiger partial charge >= 0.3 is 0 Å². The lowest BCUT2D eigenvalue weighted by Crippen LogP contribution is -2.35. The molecule has 0 saturated heterocycles. The molecular weight excluding hydrogens is 170 g/mol. The Kier molecular flexibility index (Phi) is 3.98. The molecule has 76 valence electrons. The molecule has 0 spiro atoms. The predicted octanol–water partition coefficient (Wildman–Crippen LogP) is -0.110. The van der Waals surface area contributed by atoms with Crippen molar-refractivity contribution in [2.24, 2.45) is 10.9 Å². The molecule has 1 aliphatic carbocycles. The van der Waals surface area contributed by atoms with Crippen molar-refractivity contribution in [3.05, 3.63) is 0 Å². The number of oxime groups is 1. The zero-order chi connectivity index (χ0) is 9.68. The SMILES string of the molecule is COC1CCC(NCC(N)=NO)C1. The Labute approximate surface area is 77.9 Å². The summed E-state index contributed by atoms with van der Waals surface area (Å²) in [6.07, 6.45) is 3.56. The van der Waals surface area contributed by atoms with Crippen LogP contribution in [0.2, 0.25) is 0 Å². The maximum absolute atomic E-state index is 8.31. The number of hydrogen-bond acceptors (Lipinski definition) is 4. The lowest BCUT2D eigenvalue weighted by molar-refractivity contribution is 0.107. The standard InChI is InChI=1S/C8H17N3O2/c1-13-7-3-2-6(4-7)10-5-8(9)11-12/h6-7,10,12H,2-5H2,1H3,(H2,9,11). The van der Waals surface area contributed by atoms with Crippen molar-refractivity contribution in [3.63, 3.8) is 0 Å². The van der Waals surface area contributed by atoms with Crippen molar-refractivity contribution in [2.45, 2.75) is 31.4 Å². The summed E-state index contributed by atoms with van der Waals surface area (Å²) in [5.41, 5.74) is 5.32. The number of ether oxygens (including phenoxy) is 1. The molecule has 0 amide bonds. The molecule has 2 atom stereocenters. The topological polar surface area (TPSA) is 79.9 Å². The maximum Gasteiger partial charge on any atom is 0.153 e. The summed E-state index contributed by atoms with van der Waals surface area (Å²) in [6, 6.07) is 0.435. The largest absolute Gasteiger partial charge is 0.409 e. The van der Waals surface area contributed by atoms with Gasteiger partial charge in [-0.3, -0.25) is 0 Å². The number of hydrogen-bond donors (Lipinski definition) is 3. The summed E-state index contributed by atoms with van der Waals surface area (Å²) >= 11 is 0. The lowest BCUT2D eigenvalue weighted by Gasteiger charge is -2.11. The molecule has 1 rings (SSSR count). The Morgan fingerprint density at radius 1 is 1.69 bits per heavy atom. The molecule has 5 nitrogen and oxygen atoms in total. The Hall–Kier alpha value is -0.810. The fourth-order valence-electron chi connectivity index (χ4n) is 1.62. The van der Waals surface area contributed by atoms with Gasteiger partial charge in [0, 0.05) is 13.2 Å². The smallest absolute Gasteiger partial charge is 0.153 e. The Morgan fingerprint density at radius 2 is 2.46 bits per heavy atom. The van der Waals surface area contributed by atoms with Gasteiger partial charge in [-0.2, -0.15) is 0 Å². The van der Waals surface area contributed by atoms with E-state index < -0.39 is 0 Å². The van der Waals surface area contributed by atoms with Crippen LogP contribution in [0.4, 0.5) is 0 Å². The number of nitrogens with zero attached hydrogens (tertiary/aromatic N) is 1. The predicted molar refractivity (Wildman–Crippen MR) is 49.8 cm³/mol. The van der Waals surface area contributed by atoms with Crippen molar-refractivity contribution >= 4 is 5.84 Å². The van der Waals surface area contributed by atoms with Gasteiger partial charge in [0.15, 0.2) is 5.84 Å². The number of nitrogens with two attached hydrogens (primary N) is 1. The van der Waals surface area contributed by atoms with E-state index in [-0.39, 0.29) is 5.84 Å². The first-order valence-corrected chi connectivity index (χ1v) is 4.49. The second-order valence-corrected chi connectivity index (χ2v) is 3.34. The van der Waals surface area contributed by atoms with Crippen LogP contribution in [0.1, 0.15) is 19.3 Å². The van der Waals surface area contributed by atoms with Crippen LogP contribution in [-0.4, -0.2) is 36.8 Å². The molecule has 1 saturated carbocycles. The van der Waals surface area contributed by atoms with E-state index in [4.69, 9.17) is 15.7 Å². The van der Waals surface area contributed by atoms with Crippen LogP contribution in [0, 0.1) is 0 Å². The third kappa shape index (κ3) is 3.20. The molecule has 0 aromatic rings. The molecule has 0 aromatic carbocycles. The molecule has 4 N–H and O–H groups in total. The number of nitrogens with one attached hydrogen (secondary N) is 1.